The van der Waals surface area contributed by atoms with Crippen LogP contribution >= 0.6 is 0 Å². The van der Waals surface area contributed by atoms with Gasteiger partial charge in [0.05, 0.1) is 12.2 Å². The van der Waals surface area contributed by atoms with Crippen LogP contribution in [0.3, 0.4) is 0 Å². The lowest BCUT2D eigenvalue weighted by atomic mass is 9.84. The molecule has 1 amide bonds. The summed E-state index contributed by atoms with van der Waals surface area (Å²) in [6.07, 6.45) is 7.52. The highest BCUT2D eigenvalue weighted by atomic mass is 32.2. The fourth-order valence-corrected chi connectivity index (χ4v) is 5.65. The maximum Gasteiger partial charge on any atom is 0.244 e. The summed E-state index contributed by atoms with van der Waals surface area (Å²) in [5.74, 6) is 0.612. The molecule has 0 radical (unpaired) electrons. The Morgan fingerprint density at radius 2 is 2.15 bits per heavy atom. The van der Waals surface area contributed by atoms with E-state index < -0.39 is 10.0 Å². The number of pyridine rings is 1. The number of likely N-dealkylation sites (tertiary alicyclic amines) is 1. The van der Waals surface area contributed by atoms with Gasteiger partial charge < -0.3 is 9.64 Å². The molecule has 1 aromatic heterocycles. The zero-order valence-electron chi connectivity index (χ0n) is 14.8. The van der Waals surface area contributed by atoms with Gasteiger partial charge in [-0.05, 0) is 37.8 Å². The number of nitrogens with zero attached hydrogens (tertiary/aromatic N) is 3. The van der Waals surface area contributed by atoms with Crippen molar-refractivity contribution in [2.75, 3.05) is 32.8 Å². The first-order chi connectivity index (χ1) is 12.5. The van der Waals surface area contributed by atoms with Crippen LogP contribution in [0, 0.1) is 5.92 Å². The molecular formula is C18H25N3O4S. The maximum absolute atomic E-state index is 12.6. The number of hydrogen-bond acceptors (Lipinski definition) is 5. The van der Waals surface area contributed by atoms with E-state index in [4.69, 9.17) is 4.74 Å². The van der Waals surface area contributed by atoms with Crippen molar-refractivity contribution in [2.24, 2.45) is 5.92 Å². The van der Waals surface area contributed by atoms with Crippen molar-refractivity contribution in [3.63, 3.8) is 0 Å². The van der Waals surface area contributed by atoms with E-state index in [1.807, 2.05) is 4.90 Å². The van der Waals surface area contributed by atoms with Crippen molar-refractivity contribution in [2.45, 2.75) is 42.6 Å². The zero-order valence-corrected chi connectivity index (χ0v) is 15.7. The number of amides is 1. The van der Waals surface area contributed by atoms with Crippen LogP contribution in [0.1, 0.15) is 32.1 Å². The summed E-state index contributed by atoms with van der Waals surface area (Å²) in [5.41, 5.74) is -0.350. The third kappa shape index (κ3) is 3.37. The molecule has 0 aromatic carbocycles. The number of sulfonamides is 1. The number of aromatic nitrogens is 1. The third-order valence-electron chi connectivity index (χ3n) is 5.73. The molecule has 8 heteroatoms. The standard InChI is InChI=1S/C18H25N3O4S/c22-17-5-1-2-9-20(17)11-15-6-7-18(25-12-15)13-21(14-18)26(23,24)16-4-3-8-19-10-16/h3-4,8,10,15H,1-2,5-7,9,11-14H2/t15-/m1/s1. The second-order valence-corrected chi connectivity index (χ2v) is 9.60. The van der Waals surface area contributed by atoms with Crippen LogP contribution in [-0.4, -0.2) is 66.9 Å². The molecule has 4 heterocycles. The summed E-state index contributed by atoms with van der Waals surface area (Å²) in [6, 6.07) is 3.20. The maximum atomic E-state index is 12.6. The Hall–Kier alpha value is -1.51. The molecule has 0 aliphatic carbocycles. The Morgan fingerprint density at radius 3 is 2.81 bits per heavy atom. The lowest BCUT2D eigenvalue weighted by molar-refractivity contribution is -0.161. The number of piperidine rings is 1. The van der Waals surface area contributed by atoms with Gasteiger partial charge in [0.1, 0.15) is 4.90 Å². The van der Waals surface area contributed by atoms with Crippen LogP contribution in [-0.2, 0) is 19.6 Å². The number of ether oxygens (including phenoxy) is 1. The first-order valence-electron chi connectivity index (χ1n) is 9.30. The number of rotatable bonds is 4. The molecule has 1 atom stereocenters. The van der Waals surface area contributed by atoms with E-state index in [1.54, 1.807) is 18.3 Å². The molecule has 142 valence electrons. The van der Waals surface area contributed by atoms with Crippen molar-refractivity contribution < 1.29 is 17.9 Å². The topological polar surface area (TPSA) is 79.8 Å². The Balaban J connectivity index is 1.30. The first-order valence-corrected chi connectivity index (χ1v) is 10.7. The third-order valence-corrected chi connectivity index (χ3v) is 7.51. The van der Waals surface area contributed by atoms with E-state index >= 15 is 0 Å². The number of hydrogen-bond donors (Lipinski definition) is 0. The Kier molecular flexibility index (Phi) is 4.75. The molecule has 4 rings (SSSR count). The molecule has 7 nitrogen and oxygen atoms in total. The Labute approximate surface area is 154 Å². The van der Waals surface area contributed by atoms with Gasteiger partial charge in [-0.3, -0.25) is 9.78 Å². The Bertz CT molecular complexity index is 752. The van der Waals surface area contributed by atoms with Crippen LogP contribution in [0.5, 0.6) is 0 Å². The van der Waals surface area contributed by atoms with E-state index in [-0.39, 0.29) is 16.4 Å². The molecule has 3 saturated heterocycles. The molecule has 1 spiro atoms. The van der Waals surface area contributed by atoms with Crippen LogP contribution in [0.15, 0.2) is 29.4 Å². The van der Waals surface area contributed by atoms with Crippen LogP contribution < -0.4 is 0 Å². The van der Waals surface area contributed by atoms with Crippen molar-refractivity contribution in [1.29, 1.82) is 0 Å². The fraction of sp³-hybridized carbons (Fsp3) is 0.667. The fourth-order valence-electron chi connectivity index (χ4n) is 4.09. The molecule has 3 aliphatic heterocycles. The van der Waals surface area contributed by atoms with Crippen molar-refractivity contribution in [3.05, 3.63) is 24.5 Å². The molecule has 26 heavy (non-hydrogen) atoms. The lowest BCUT2D eigenvalue weighted by Crippen LogP contribution is -2.66. The molecular weight excluding hydrogens is 354 g/mol. The van der Waals surface area contributed by atoms with Crippen LogP contribution in [0.2, 0.25) is 0 Å². The molecule has 3 aliphatic rings. The molecule has 0 saturated carbocycles. The van der Waals surface area contributed by atoms with E-state index in [0.29, 0.717) is 32.0 Å². The van der Waals surface area contributed by atoms with E-state index in [2.05, 4.69) is 4.98 Å². The van der Waals surface area contributed by atoms with Gasteiger partial charge in [0.15, 0.2) is 0 Å². The zero-order chi connectivity index (χ0) is 18.2. The molecule has 0 bridgehead atoms. The number of carbonyl (C=O) groups is 1. The van der Waals surface area contributed by atoms with Gasteiger partial charge in [-0.1, -0.05) is 0 Å². The largest absolute Gasteiger partial charge is 0.372 e. The summed E-state index contributed by atoms with van der Waals surface area (Å²) in [7, 11) is -3.48. The van der Waals surface area contributed by atoms with E-state index in [1.165, 1.54) is 10.5 Å². The predicted octanol–water partition coefficient (Wildman–Crippen LogP) is 1.26. The minimum Gasteiger partial charge on any atom is -0.372 e. The van der Waals surface area contributed by atoms with Gasteiger partial charge in [0, 0.05) is 50.9 Å². The van der Waals surface area contributed by atoms with Gasteiger partial charge >= 0.3 is 0 Å². The highest BCUT2D eigenvalue weighted by molar-refractivity contribution is 7.89. The average molecular weight is 379 g/mol. The summed E-state index contributed by atoms with van der Waals surface area (Å²) in [6.45, 7) is 3.04. The molecule has 1 aromatic rings. The Morgan fingerprint density at radius 1 is 1.31 bits per heavy atom. The van der Waals surface area contributed by atoms with Gasteiger partial charge in [-0.25, -0.2) is 8.42 Å². The van der Waals surface area contributed by atoms with Crippen LogP contribution in [0.4, 0.5) is 0 Å². The van der Waals surface area contributed by atoms with Crippen molar-refractivity contribution >= 4 is 15.9 Å². The highest BCUT2D eigenvalue weighted by Gasteiger charge is 2.51. The van der Waals surface area contributed by atoms with Gasteiger partial charge in [0.25, 0.3) is 0 Å². The quantitative estimate of drug-likeness (QED) is 0.787. The first kappa shape index (κ1) is 17.9. The summed E-state index contributed by atoms with van der Waals surface area (Å²) >= 11 is 0. The summed E-state index contributed by atoms with van der Waals surface area (Å²) in [5, 5.41) is 0. The van der Waals surface area contributed by atoms with Gasteiger partial charge in [0.2, 0.25) is 15.9 Å². The minimum atomic E-state index is -3.48. The second-order valence-electron chi connectivity index (χ2n) is 7.66. The highest BCUT2D eigenvalue weighted by Crippen LogP contribution is 2.39. The van der Waals surface area contributed by atoms with Crippen LogP contribution in [0.25, 0.3) is 0 Å². The van der Waals surface area contributed by atoms with Crippen molar-refractivity contribution in [1.82, 2.24) is 14.2 Å². The summed E-state index contributed by atoms with van der Waals surface area (Å²) < 4.78 is 32.7. The predicted molar refractivity (Wildman–Crippen MR) is 94.8 cm³/mol. The smallest absolute Gasteiger partial charge is 0.244 e. The SMILES string of the molecule is O=C1CCCCN1C[C@H]1CCC2(CN(S(=O)(=O)c3cccnc3)C2)OC1. The van der Waals surface area contributed by atoms with E-state index in [9.17, 15) is 13.2 Å². The molecule has 0 unspecified atom stereocenters. The van der Waals surface area contributed by atoms with Gasteiger partial charge in [-0.15, -0.1) is 0 Å². The molecule has 3 fully saturated rings. The molecule has 0 N–H and O–H groups in total. The van der Waals surface area contributed by atoms with Crippen molar-refractivity contribution in [3.8, 4) is 0 Å². The normalized spacial score (nSPS) is 26.7. The number of carbonyl (C=O) groups excluding carboxylic acids is 1. The lowest BCUT2D eigenvalue weighted by Gasteiger charge is -2.52. The average Bonchev–Trinajstić information content (AvgIpc) is 2.63. The monoisotopic (exact) mass is 379 g/mol. The van der Waals surface area contributed by atoms with Gasteiger partial charge in [-0.2, -0.15) is 4.31 Å². The second kappa shape index (κ2) is 6.90. The summed E-state index contributed by atoms with van der Waals surface area (Å²) in [4.78, 5) is 18.1. The minimum absolute atomic E-state index is 0.229. The van der Waals surface area contributed by atoms with E-state index in [0.717, 1.165) is 38.8 Å².